The van der Waals surface area contributed by atoms with Crippen LogP contribution in [-0.4, -0.2) is 81.6 Å². The van der Waals surface area contributed by atoms with Crippen molar-refractivity contribution in [2.45, 2.75) is 127 Å². The van der Waals surface area contributed by atoms with Crippen LogP contribution >= 0.6 is 0 Å². The van der Waals surface area contributed by atoms with Crippen molar-refractivity contribution in [1.82, 2.24) is 0 Å². The van der Waals surface area contributed by atoms with E-state index in [9.17, 15) is 25.5 Å². The van der Waals surface area contributed by atoms with Gasteiger partial charge in [-0.2, -0.15) is 0 Å². The van der Waals surface area contributed by atoms with E-state index >= 15 is 0 Å². The van der Waals surface area contributed by atoms with Gasteiger partial charge in [-0.3, -0.25) is 0 Å². The highest BCUT2D eigenvalue weighted by Gasteiger charge is 2.44. The summed E-state index contributed by atoms with van der Waals surface area (Å²) in [5, 5.41) is 49.0. The first-order valence-corrected chi connectivity index (χ1v) is 12.5. The number of quaternary nitrogens is 1. The van der Waals surface area contributed by atoms with Gasteiger partial charge in [0.05, 0.1) is 6.61 Å². The molecule has 1 saturated heterocycles. The van der Waals surface area contributed by atoms with Crippen LogP contribution in [0.1, 0.15) is 84.0 Å². The van der Waals surface area contributed by atoms with Gasteiger partial charge in [0, 0.05) is 0 Å². The number of unbranched alkanes of at least 4 members (excludes halogenated alkanes) is 11. The van der Waals surface area contributed by atoms with Crippen molar-refractivity contribution >= 4 is 0 Å². The fraction of sp³-hybridized carbons (Fsp3) is 0.917. The fourth-order valence-corrected chi connectivity index (χ4v) is 3.84. The molecule has 1 heterocycles. The molecule has 0 saturated carbocycles. The Balaban J connectivity index is 2.10. The van der Waals surface area contributed by atoms with E-state index in [2.05, 4.69) is 12.7 Å². The molecule has 8 nitrogen and oxygen atoms in total. The lowest BCUT2D eigenvalue weighted by Gasteiger charge is -2.39. The van der Waals surface area contributed by atoms with Crippen LogP contribution in [0.25, 0.3) is 0 Å². The lowest BCUT2D eigenvalue weighted by molar-refractivity contribution is -0.447. The van der Waals surface area contributed by atoms with Crippen molar-refractivity contribution in [3.8, 4) is 0 Å². The molecule has 0 aromatic carbocycles. The summed E-state index contributed by atoms with van der Waals surface area (Å²) in [6.07, 6.45) is 11.5. The second-order valence-electron chi connectivity index (χ2n) is 9.03. The summed E-state index contributed by atoms with van der Waals surface area (Å²) in [4.78, 5) is 0. The predicted octanol–water partition coefficient (Wildman–Crippen LogP) is 1.03. The topological polar surface area (TPSA) is 147 Å². The molecule has 1 rings (SSSR count). The van der Waals surface area contributed by atoms with Gasteiger partial charge in [-0.15, -0.1) is 0 Å². The Labute approximate surface area is 193 Å². The third-order valence-electron chi connectivity index (χ3n) is 6.11. The Bertz CT molecular complexity index is 477. The Hall–Kier alpha value is -0.580. The molecule has 0 amide bonds. The minimum Gasteiger partial charge on any atom is -0.394 e. The van der Waals surface area contributed by atoms with Crippen molar-refractivity contribution in [2.75, 3.05) is 13.2 Å². The fourth-order valence-electron chi connectivity index (χ4n) is 3.84. The standard InChI is InChI=1S/C24H47NO7/c1-2-3-4-5-6-7-8-9-10-11-12-13-14-15-19(27)18(25)17-31-24-23(30)22(29)21(28)20(16-26)32-24/h14-15,18-24,26-30H,2-13,16-17,25H2,1H3/p+1. The van der Waals surface area contributed by atoms with Gasteiger partial charge in [0.1, 0.15) is 43.2 Å². The number of ether oxygens (including phenoxy) is 2. The van der Waals surface area contributed by atoms with E-state index in [4.69, 9.17) is 9.47 Å². The highest BCUT2D eigenvalue weighted by atomic mass is 16.7. The molecule has 0 bridgehead atoms. The van der Waals surface area contributed by atoms with Gasteiger partial charge in [-0.05, 0) is 12.8 Å². The van der Waals surface area contributed by atoms with Crippen LogP contribution in [0.3, 0.4) is 0 Å². The monoisotopic (exact) mass is 462 g/mol. The largest absolute Gasteiger partial charge is 0.394 e. The van der Waals surface area contributed by atoms with Gasteiger partial charge in [-0.25, -0.2) is 0 Å². The van der Waals surface area contributed by atoms with Gasteiger partial charge in [0.25, 0.3) is 0 Å². The smallest absolute Gasteiger partial charge is 0.186 e. The number of rotatable bonds is 18. The first-order chi connectivity index (χ1) is 15.4. The average molecular weight is 463 g/mol. The second kappa shape index (κ2) is 17.8. The molecule has 0 radical (unpaired) electrons. The van der Waals surface area contributed by atoms with E-state index in [0.29, 0.717) is 0 Å². The molecular formula is C24H48NO7+. The summed E-state index contributed by atoms with van der Waals surface area (Å²) in [5.74, 6) is 0. The SMILES string of the molecule is CCCCCCCCCCCCCC=CC(O)C([NH3+])COC1OC(CO)C(O)C(O)C1O. The number of aliphatic hydroxyl groups excluding tert-OH is 5. The van der Waals surface area contributed by atoms with Gasteiger partial charge in [0.15, 0.2) is 6.29 Å². The maximum Gasteiger partial charge on any atom is 0.186 e. The third kappa shape index (κ3) is 11.5. The van der Waals surface area contributed by atoms with E-state index in [1.165, 1.54) is 64.2 Å². The molecule has 1 fully saturated rings. The van der Waals surface area contributed by atoms with Crippen molar-refractivity contribution in [1.29, 1.82) is 0 Å². The molecule has 1 aliphatic heterocycles. The minimum absolute atomic E-state index is 0.00730. The molecule has 7 unspecified atom stereocenters. The maximum atomic E-state index is 10.2. The number of aliphatic hydroxyl groups is 5. The van der Waals surface area contributed by atoms with Crippen molar-refractivity contribution in [2.24, 2.45) is 0 Å². The number of hydrogen-bond donors (Lipinski definition) is 6. The summed E-state index contributed by atoms with van der Waals surface area (Å²) < 4.78 is 10.7. The van der Waals surface area contributed by atoms with Crippen LogP contribution in [0.5, 0.6) is 0 Å². The first kappa shape index (κ1) is 29.5. The minimum atomic E-state index is -1.48. The second-order valence-corrected chi connectivity index (χ2v) is 9.03. The highest BCUT2D eigenvalue weighted by molar-refractivity contribution is 4.92. The van der Waals surface area contributed by atoms with Gasteiger partial charge >= 0.3 is 0 Å². The summed E-state index contributed by atoms with van der Waals surface area (Å²) in [6, 6.07) is -0.490. The first-order valence-electron chi connectivity index (χ1n) is 12.5. The molecule has 190 valence electrons. The highest BCUT2D eigenvalue weighted by Crippen LogP contribution is 2.22. The number of allylic oxidation sites excluding steroid dienone is 1. The zero-order valence-corrected chi connectivity index (χ0v) is 19.9. The van der Waals surface area contributed by atoms with Crippen LogP contribution in [0.15, 0.2) is 12.2 Å². The van der Waals surface area contributed by atoms with Crippen LogP contribution in [0.2, 0.25) is 0 Å². The zero-order valence-electron chi connectivity index (χ0n) is 19.9. The molecule has 0 aromatic heterocycles. The third-order valence-corrected chi connectivity index (χ3v) is 6.11. The number of hydrogen-bond acceptors (Lipinski definition) is 7. The van der Waals surface area contributed by atoms with Crippen LogP contribution in [0, 0.1) is 0 Å². The lowest BCUT2D eigenvalue weighted by atomic mass is 9.99. The van der Waals surface area contributed by atoms with Gasteiger partial charge in [0.2, 0.25) is 0 Å². The van der Waals surface area contributed by atoms with Crippen molar-refractivity contribution in [3.05, 3.63) is 12.2 Å². The molecule has 7 atom stereocenters. The summed E-state index contributed by atoms with van der Waals surface area (Å²) in [6.45, 7) is 1.73. The van der Waals surface area contributed by atoms with Crippen molar-refractivity contribution < 1.29 is 40.7 Å². The van der Waals surface area contributed by atoms with Crippen LogP contribution in [0.4, 0.5) is 0 Å². The Morgan fingerprint density at radius 3 is 2.00 bits per heavy atom. The molecule has 1 aliphatic rings. The summed E-state index contributed by atoms with van der Waals surface area (Å²) in [7, 11) is 0. The van der Waals surface area contributed by atoms with E-state index in [1.807, 2.05) is 6.08 Å². The quantitative estimate of drug-likeness (QED) is 0.132. The van der Waals surface area contributed by atoms with Crippen LogP contribution < -0.4 is 5.73 Å². The summed E-state index contributed by atoms with van der Waals surface area (Å²) >= 11 is 0. The maximum absolute atomic E-state index is 10.2. The molecule has 0 aromatic rings. The molecule has 0 spiro atoms. The molecule has 8 N–H and O–H groups in total. The predicted molar refractivity (Wildman–Crippen MR) is 123 cm³/mol. The Morgan fingerprint density at radius 2 is 1.44 bits per heavy atom. The van der Waals surface area contributed by atoms with E-state index < -0.39 is 49.5 Å². The average Bonchev–Trinajstić information content (AvgIpc) is 2.79. The van der Waals surface area contributed by atoms with Crippen LogP contribution in [-0.2, 0) is 9.47 Å². The normalized spacial score (nSPS) is 28.3. The van der Waals surface area contributed by atoms with E-state index in [1.54, 1.807) is 6.08 Å². The van der Waals surface area contributed by atoms with Gasteiger partial charge in [-0.1, -0.05) is 83.3 Å². The zero-order chi connectivity index (χ0) is 23.8. The van der Waals surface area contributed by atoms with E-state index in [0.717, 1.165) is 12.8 Å². The lowest BCUT2D eigenvalue weighted by Crippen LogP contribution is -2.69. The molecule has 8 heteroatoms. The van der Waals surface area contributed by atoms with Crippen molar-refractivity contribution in [3.63, 3.8) is 0 Å². The molecule has 32 heavy (non-hydrogen) atoms. The Morgan fingerprint density at radius 1 is 0.875 bits per heavy atom. The summed E-state index contributed by atoms with van der Waals surface area (Å²) in [5.41, 5.74) is 3.88. The molecule has 0 aliphatic carbocycles. The Kier molecular flexibility index (Phi) is 16.4. The van der Waals surface area contributed by atoms with Gasteiger partial charge < -0.3 is 40.7 Å². The van der Waals surface area contributed by atoms with E-state index in [-0.39, 0.29) is 6.61 Å². The molecular weight excluding hydrogens is 414 g/mol.